The highest BCUT2D eigenvalue weighted by Crippen LogP contribution is 2.21. The molecule has 2 aromatic heterocycles. The highest BCUT2D eigenvalue weighted by atomic mass is 35.5. The zero-order valence-electron chi connectivity index (χ0n) is 15.1. The molecule has 0 aliphatic carbocycles. The number of aromatic nitrogens is 4. The fourth-order valence-corrected chi connectivity index (χ4v) is 3.63. The second-order valence-corrected chi connectivity index (χ2v) is 7.74. The molecule has 0 fully saturated rings. The molecular weight excluding hydrogens is 375 g/mol. The van der Waals surface area contributed by atoms with Gasteiger partial charge in [0, 0.05) is 23.6 Å². The summed E-state index contributed by atoms with van der Waals surface area (Å²) in [6, 6.07) is 5.27. The Morgan fingerprint density at radius 1 is 1.12 bits per heavy atom. The van der Waals surface area contributed by atoms with Crippen molar-refractivity contribution in [1.29, 1.82) is 0 Å². The smallest absolute Gasteiger partial charge is 0.276 e. The van der Waals surface area contributed by atoms with Crippen molar-refractivity contribution in [3.63, 3.8) is 0 Å². The van der Waals surface area contributed by atoms with Crippen molar-refractivity contribution >= 4 is 34.2 Å². The Bertz CT molecular complexity index is 1090. The average molecular weight is 395 g/mol. The minimum absolute atomic E-state index is 0.241. The molecule has 138 valence electrons. The lowest BCUT2D eigenvalue weighted by Gasteiger charge is -2.10. The number of hydrogen-bond acceptors (Lipinski definition) is 3. The maximum absolute atomic E-state index is 12.6. The fourth-order valence-electron chi connectivity index (χ4n) is 3.05. The average Bonchev–Trinajstić information content (AvgIpc) is 2.85. The normalized spacial score (nSPS) is 11.7. The summed E-state index contributed by atoms with van der Waals surface area (Å²) in [7, 11) is 1.49. The summed E-state index contributed by atoms with van der Waals surface area (Å²) in [5, 5.41) is 6.10. The first-order chi connectivity index (χ1) is 12.2. The van der Waals surface area contributed by atoms with E-state index in [-0.39, 0.29) is 17.2 Å². The van der Waals surface area contributed by atoms with Gasteiger partial charge in [0.05, 0.1) is 12.2 Å². The van der Waals surface area contributed by atoms with E-state index in [0.29, 0.717) is 39.9 Å². The summed E-state index contributed by atoms with van der Waals surface area (Å²) in [5.41, 5.74) is 1.30. The Hall–Kier alpha value is -2.05. The van der Waals surface area contributed by atoms with E-state index in [1.165, 1.54) is 7.05 Å². The second-order valence-electron chi connectivity index (χ2n) is 6.87. The van der Waals surface area contributed by atoms with Crippen LogP contribution in [0.1, 0.15) is 25.1 Å². The number of rotatable bonds is 4. The van der Waals surface area contributed by atoms with E-state index >= 15 is 0 Å². The molecule has 1 aromatic carbocycles. The third kappa shape index (κ3) is 3.31. The number of aryl methyl sites for hydroxylation is 1. The minimum Gasteiger partial charge on any atom is -0.276 e. The van der Waals surface area contributed by atoms with E-state index in [9.17, 15) is 9.59 Å². The van der Waals surface area contributed by atoms with Crippen LogP contribution in [-0.4, -0.2) is 18.9 Å². The van der Waals surface area contributed by atoms with E-state index in [0.717, 1.165) is 10.1 Å². The maximum Gasteiger partial charge on any atom is 0.332 e. The van der Waals surface area contributed by atoms with Crippen LogP contribution in [0.3, 0.4) is 0 Å². The molecule has 0 radical (unpaired) electrons. The van der Waals surface area contributed by atoms with Gasteiger partial charge < -0.3 is 0 Å². The van der Waals surface area contributed by atoms with Crippen LogP contribution in [-0.2, 0) is 20.1 Å². The van der Waals surface area contributed by atoms with Crippen molar-refractivity contribution in [1.82, 2.24) is 18.9 Å². The number of halogens is 2. The van der Waals surface area contributed by atoms with Crippen molar-refractivity contribution in [2.45, 2.75) is 33.9 Å². The van der Waals surface area contributed by atoms with E-state index in [2.05, 4.69) is 5.10 Å². The first-order valence-corrected chi connectivity index (χ1v) is 9.06. The molecule has 3 aromatic rings. The Morgan fingerprint density at radius 3 is 2.31 bits per heavy atom. The largest absolute Gasteiger partial charge is 0.332 e. The van der Waals surface area contributed by atoms with E-state index < -0.39 is 0 Å². The van der Waals surface area contributed by atoms with Gasteiger partial charge in [0.2, 0.25) is 0 Å². The summed E-state index contributed by atoms with van der Waals surface area (Å²) in [6.45, 7) is 6.75. The summed E-state index contributed by atoms with van der Waals surface area (Å²) >= 11 is 12.1. The molecule has 0 saturated carbocycles. The lowest BCUT2D eigenvalue weighted by Crippen LogP contribution is -2.38. The van der Waals surface area contributed by atoms with E-state index in [4.69, 9.17) is 23.2 Å². The van der Waals surface area contributed by atoms with Gasteiger partial charge in [0.25, 0.3) is 5.56 Å². The highest BCUT2D eigenvalue weighted by molar-refractivity contribution is 6.34. The Morgan fingerprint density at radius 2 is 1.73 bits per heavy atom. The monoisotopic (exact) mass is 394 g/mol. The topological polar surface area (TPSA) is 61.8 Å². The molecule has 8 heteroatoms. The van der Waals surface area contributed by atoms with Gasteiger partial charge in [-0.2, -0.15) is 5.10 Å². The third-order valence-electron chi connectivity index (χ3n) is 4.28. The van der Waals surface area contributed by atoms with E-state index in [1.807, 2.05) is 20.8 Å². The quantitative estimate of drug-likeness (QED) is 0.682. The Kier molecular flexibility index (Phi) is 4.99. The molecule has 6 nitrogen and oxygen atoms in total. The lowest BCUT2D eigenvalue weighted by atomic mass is 10.2. The van der Waals surface area contributed by atoms with E-state index in [1.54, 1.807) is 27.4 Å². The molecule has 0 aliphatic rings. The number of hydrogen-bond donors (Lipinski definition) is 0. The highest BCUT2D eigenvalue weighted by Gasteiger charge is 2.19. The van der Waals surface area contributed by atoms with Crippen molar-refractivity contribution in [2.75, 3.05) is 0 Å². The number of fused-ring (bicyclic) bond motifs is 1. The van der Waals surface area contributed by atoms with Gasteiger partial charge in [-0.15, -0.1) is 0 Å². The molecule has 0 unspecified atom stereocenters. The molecule has 3 rings (SSSR count). The summed E-state index contributed by atoms with van der Waals surface area (Å²) in [5.74, 6) is 0.241. The van der Waals surface area contributed by atoms with Gasteiger partial charge in [0.1, 0.15) is 5.39 Å². The van der Waals surface area contributed by atoms with Crippen LogP contribution >= 0.6 is 23.2 Å². The van der Waals surface area contributed by atoms with Gasteiger partial charge in [-0.25, -0.2) is 4.79 Å². The lowest BCUT2D eigenvalue weighted by molar-refractivity contribution is 0.497. The summed E-state index contributed by atoms with van der Waals surface area (Å²) < 4.78 is 4.42. The maximum atomic E-state index is 12.6. The fraction of sp³-hybridized carbons (Fsp3) is 0.389. The predicted molar refractivity (Wildman–Crippen MR) is 104 cm³/mol. The first-order valence-electron chi connectivity index (χ1n) is 8.31. The summed E-state index contributed by atoms with van der Waals surface area (Å²) in [4.78, 5) is 25.2. The molecule has 0 N–H and O–H groups in total. The van der Waals surface area contributed by atoms with Gasteiger partial charge in [-0.3, -0.25) is 18.6 Å². The van der Waals surface area contributed by atoms with Crippen LogP contribution in [0.4, 0.5) is 0 Å². The van der Waals surface area contributed by atoms with Crippen LogP contribution in [0.2, 0.25) is 10.0 Å². The molecule has 26 heavy (non-hydrogen) atoms. The molecule has 0 saturated heterocycles. The zero-order chi connectivity index (χ0) is 19.2. The van der Waals surface area contributed by atoms with Crippen molar-refractivity contribution < 1.29 is 0 Å². The standard InChI is InChI=1S/C18H20Cl2N4O2/c1-10(2)8-23-16-15(17(25)22(4)18(23)26)11(3)24(21-16)9-12-5-13(19)7-14(20)6-12/h5-7,10H,8-9H2,1-4H3. The molecule has 0 amide bonds. The predicted octanol–water partition coefficient (Wildman–Crippen LogP) is 3.22. The van der Waals surface area contributed by atoms with Gasteiger partial charge in [-0.1, -0.05) is 37.0 Å². The Balaban J connectivity index is 2.22. The zero-order valence-corrected chi connectivity index (χ0v) is 16.6. The van der Waals surface area contributed by atoms with Crippen LogP contribution in [0.15, 0.2) is 27.8 Å². The van der Waals surface area contributed by atoms with Crippen molar-refractivity contribution in [3.8, 4) is 0 Å². The van der Waals surface area contributed by atoms with Crippen LogP contribution in [0.25, 0.3) is 11.0 Å². The number of nitrogens with zero attached hydrogens (tertiary/aromatic N) is 4. The van der Waals surface area contributed by atoms with Crippen LogP contribution in [0, 0.1) is 12.8 Å². The van der Waals surface area contributed by atoms with Crippen molar-refractivity contribution in [3.05, 3.63) is 60.3 Å². The Labute approximate surface area is 160 Å². The molecule has 0 atom stereocenters. The summed E-state index contributed by atoms with van der Waals surface area (Å²) in [6.07, 6.45) is 0. The molecule has 0 bridgehead atoms. The third-order valence-corrected chi connectivity index (χ3v) is 4.72. The molecular formula is C18H20Cl2N4O2. The van der Waals surface area contributed by atoms with Gasteiger partial charge in [-0.05, 0) is 36.6 Å². The molecule has 0 spiro atoms. The van der Waals surface area contributed by atoms with Crippen LogP contribution < -0.4 is 11.2 Å². The van der Waals surface area contributed by atoms with Crippen molar-refractivity contribution in [2.24, 2.45) is 13.0 Å². The minimum atomic E-state index is -0.355. The SMILES string of the molecule is Cc1c2c(=O)n(C)c(=O)n(CC(C)C)c2nn1Cc1cc(Cl)cc(Cl)c1. The first kappa shape index (κ1) is 18.7. The molecule has 2 heterocycles. The van der Waals surface area contributed by atoms with Gasteiger partial charge >= 0.3 is 5.69 Å². The second kappa shape index (κ2) is 6.93. The van der Waals surface area contributed by atoms with Crippen LogP contribution in [0.5, 0.6) is 0 Å². The number of benzene rings is 1. The van der Waals surface area contributed by atoms with Gasteiger partial charge in [0.15, 0.2) is 5.65 Å². The molecule has 0 aliphatic heterocycles.